The van der Waals surface area contributed by atoms with Gasteiger partial charge >= 0.3 is 0 Å². The van der Waals surface area contributed by atoms with Gasteiger partial charge in [0.2, 0.25) is 10.0 Å². The predicted molar refractivity (Wildman–Crippen MR) is 82.3 cm³/mol. The molecule has 2 rings (SSSR count). The highest BCUT2D eigenvalue weighted by atomic mass is 32.2. The van der Waals surface area contributed by atoms with Gasteiger partial charge in [0.1, 0.15) is 0 Å². The summed E-state index contributed by atoms with van der Waals surface area (Å²) in [6.45, 7) is 1.28. The summed E-state index contributed by atoms with van der Waals surface area (Å²) < 4.78 is 27.1. The van der Waals surface area contributed by atoms with E-state index in [1.807, 2.05) is 18.8 Å². The Morgan fingerprint density at radius 2 is 2.11 bits per heavy atom. The molecular weight excluding hydrogens is 300 g/mol. The Labute approximate surface area is 123 Å². The Balaban J connectivity index is 1.92. The summed E-state index contributed by atoms with van der Waals surface area (Å²) in [5, 5.41) is 4.74. The van der Waals surface area contributed by atoms with Crippen molar-refractivity contribution in [3.8, 4) is 0 Å². The smallest absolute Gasteiger partial charge is 0.241 e. The molecule has 0 unspecified atom stereocenters. The number of rotatable bonds is 6. The Bertz CT molecular complexity index is 493. The van der Waals surface area contributed by atoms with Crippen molar-refractivity contribution in [2.75, 3.05) is 25.1 Å². The van der Waals surface area contributed by atoms with E-state index in [1.54, 1.807) is 11.4 Å². The van der Waals surface area contributed by atoms with Gasteiger partial charge in [0.25, 0.3) is 0 Å². The minimum Gasteiger partial charge on any atom is -0.315 e. The highest BCUT2D eigenvalue weighted by Crippen LogP contribution is 2.23. The van der Waals surface area contributed by atoms with Crippen molar-refractivity contribution in [3.63, 3.8) is 0 Å². The van der Waals surface area contributed by atoms with Gasteiger partial charge in [-0.1, -0.05) is 0 Å². The standard InChI is InChI=1S/C12H20N2O2S3/c1-13-8-11-6-12(9-18-11)19(15,16)14-7-10-2-4-17-5-3-10/h6,9-10,13-14H,2-5,7-8H2,1H3. The molecule has 0 atom stereocenters. The number of sulfonamides is 1. The van der Waals surface area contributed by atoms with Gasteiger partial charge in [-0.25, -0.2) is 13.1 Å². The minimum absolute atomic E-state index is 0.396. The SMILES string of the molecule is CNCc1cc(S(=O)(=O)NCC2CCSCC2)cs1. The molecule has 0 amide bonds. The van der Waals surface area contributed by atoms with Crippen LogP contribution in [0.15, 0.2) is 16.3 Å². The third-order valence-electron chi connectivity index (χ3n) is 3.19. The lowest BCUT2D eigenvalue weighted by Gasteiger charge is -2.21. The molecule has 2 heterocycles. The van der Waals surface area contributed by atoms with Crippen LogP contribution in [-0.4, -0.2) is 33.5 Å². The molecule has 4 nitrogen and oxygen atoms in total. The maximum atomic E-state index is 12.2. The zero-order valence-electron chi connectivity index (χ0n) is 11.0. The number of thiophene rings is 1. The Morgan fingerprint density at radius 1 is 1.37 bits per heavy atom. The average molecular weight is 321 g/mol. The zero-order chi connectivity index (χ0) is 13.7. The van der Waals surface area contributed by atoms with Crippen molar-refractivity contribution < 1.29 is 8.42 Å². The summed E-state index contributed by atoms with van der Waals surface area (Å²) in [6, 6.07) is 1.75. The molecule has 1 aromatic rings. The molecule has 0 radical (unpaired) electrons. The lowest BCUT2D eigenvalue weighted by Crippen LogP contribution is -2.30. The summed E-state index contributed by atoms with van der Waals surface area (Å²) in [6.07, 6.45) is 2.23. The molecular formula is C12H20N2O2S3. The second kappa shape index (κ2) is 7.08. The zero-order valence-corrected chi connectivity index (χ0v) is 13.5. The minimum atomic E-state index is -3.33. The van der Waals surface area contributed by atoms with Crippen molar-refractivity contribution >= 4 is 33.1 Å². The van der Waals surface area contributed by atoms with E-state index in [0.717, 1.165) is 29.2 Å². The summed E-state index contributed by atoms with van der Waals surface area (Å²) in [7, 11) is -1.48. The van der Waals surface area contributed by atoms with Crippen molar-refractivity contribution in [2.24, 2.45) is 5.92 Å². The fourth-order valence-electron chi connectivity index (χ4n) is 2.03. The fraction of sp³-hybridized carbons (Fsp3) is 0.667. The first-order chi connectivity index (χ1) is 9.12. The van der Waals surface area contributed by atoms with Crippen molar-refractivity contribution in [1.82, 2.24) is 10.0 Å². The molecule has 2 N–H and O–H groups in total. The van der Waals surface area contributed by atoms with E-state index in [4.69, 9.17) is 0 Å². The van der Waals surface area contributed by atoms with Crippen LogP contribution >= 0.6 is 23.1 Å². The molecule has 0 spiro atoms. The van der Waals surface area contributed by atoms with Crippen LogP contribution in [-0.2, 0) is 16.6 Å². The van der Waals surface area contributed by atoms with E-state index in [0.29, 0.717) is 23.9 Å². The van der Waals surface area contributed by atoms with E-state index in [1.165, 1.54) is 11.3 Å². The first kappa shape index (κ1) is 15.3. The second-order valence-electron chi connectivity index (χ2n) is 4.69. The Kier molecular flexibility index (Phi) is 5.70. The van der Waals surface area contributed by atoms with Crippen LogP contribution in [0.1, 0.15) is 17.7 Å². The molecule has 108 valence electrons. The third kappa shape index (κ3) is 4.46. The molecule has 1 aliphatic heterocycles. The molecule has 1 aliphatic rings. The molecule has 1 fully saturated rings. The van der Waals surface area contributed by atoms with Crippen molar-refractivity contribution in [1.29, 1.82) is 0 Å². The van der Waals surface area contributed by atoms with Crippen molar-refractivity contribution in [3.05, 3.63) is 16.3 Å². The predicted octanol–water partition coefficient (Wildman–Crippen LogP) is 1.89. The van der Waals surface area contributed by atoms with Crippen LogP contribution in [0.25, 0.3) is 0 Å². The lowest BCUT2D eigenvalue weighted by molar-refractivity contribution is 0.477. The summed E-state index contributed by atoms with van der Waals surface area (Å²) in [4.78, 5) is 1.44. The van der Waals surface area contributed by atoms with Gasteiger partial charge in [-0.3, -0.25) is 0 Å². The van der Waals surface area contributed by atoms with Gasteiger partial charge in [0, 0.05) is 23.3 Å². The first-order valence-electron chi connectivity index (χ1n) is 6.41. The van der Waals surface area contributed by atoms with E-state index in [9.17, 15) is 8.42 Å². The van der Waals surface area contributed by atoms with Gasteiger partial charge in [0.05, 0.1) is 4.90 Å². The normalized spacial score (nSPS) is 17.7. The van der Waals surface area contributed by atoms with Crippen LogP contribution in [0.4, 0.5) is 0 Å². The maximum Gasteiger partial charge on any atom is 0.241 e. The van der Waals surface area contributed by atoms with Gasteiger partial charge in [-0.05, 0) is 43.4 Å². The van der Waals surface area contributed by atoms with E-state index in [2.05, 4.69) is 10.0 Å². The topological polar surface area (TPSA) is 58.2 Å². The van der Waals surface area contributed by atoms with E-state index < -0.39 is 10.0 Å². The summed E-state index contributed by atoms with van der Waals surface area (Å²) in [5.74, 6) is 2.79. The number of thioether (sulfide) groups is 1. The van der Waals surface area contributed by atoms with Gasteiger partial charge < -0.3 is 5.32 Å². The molecule has 19 heavy (non-hydrogen) atoms. The maximum absolute atomic E-state index is 12.2. The van der Waals surface area contributed by atoms with Gasteiger partial charge in [0.15, 0.2) is 0 Å². The molecule has 0 aromatic carbocycles. The van der Waals surface area contributed by atoms with Crippen LogP contribution in [0.2, 0.25) is 0 Å². The first-order valence-corrected chi connectivity index (χ1v) is 9.93. The molecule has 7 heteroatoms. The molecule has 1 aromatic heterocycles. The van der Waals surface area contributed by atoms with Gasteiger partial charge in [-0.2, -0.15) is 11.8 Å². The second-order valence-corrected chi connectivity index (χ2v) is 8.67. The number of hydrogen-bond acceptors (Lipinski definition) is 5. The largest absolute Gasteiger partial charge is 0.315 e. The summed E-state index contributed by atoms with van der Waals surface area (Å²) >= 11 is 3.43. The Morgan fingerprint density at radius 3 is 2.79 bits per heavy atom. The van der Waals surface area contributed by atoms with Crippen LogP contribution < -0.4 is 10.0 Å². The molecule has 0 bridgehead atoms. The third-order valence-corrected chi connectivity index (χ3v) is 6.73. The van der Waals surface area contributed by atoms with Crippen LogP contribution in [0, 0.1) is 5.92 Å². The van der Waals surface area contributed by atoms with E-state index in [-0.39, 0.29) is 0 Å². The highest BCUT2D eigenvalue weighted by molar-refractivity contribution is 7.99. The quantitative estimate of drug-likeness (QED) is 0.840. The van der Waals surface area contributed by atoms with Crippen LogP contribution in [0.3, 0.4) is 0 Å². The average Bonchev–Trinajstić information content (AvgIpc) is 2.88. The lowest BCUT2D eigenvalue weighted by atomic mass is 10.0. The fourth-order valence-corrected chi connectivity index (χ4v) is 5.64. The van der Waals surface area contributed by atoms with Gasteiger partial charge in [-0.15, -0.1) is 11.3 Å². The Hall–Kier alpha value is -0.0800. The van der Waals surface area contributed by atoms with Crippen LogP contribution in [0.5, 0.6) is 0 Å². The highest BCUT2D eigenvalue weighted by Gasteiger charge is 2.19. The molecule has 0 aliphatic carbocycles. The molecule has 0 saturated carbocycles. The number of hydrogen-bond donors (Lipinski definition) is 2. The monoisotopic (exact) mass is 320 g/mol. The summed E-state index contributed by atoms with van der Waals surface area (Å²) in [5.41, 5.74) is 0. The molecule has 1 saturated heterocycles. The number of nitrogens with one attached hydrogen (secondary N) is 2. The van der Waals surface area contributed by atoms with E-state index >= 15 is 0 Å². The van der Waals surface area contributed by atoms with Crippen molar-refractivity contribution in [2.45, 2.75) is 24.3 Å².